The number of rotatable bonds is 5. The minimum absolute atomic E-state index is 0.0642. The highest BCUT2D eigenvalue weighted by atomic mass is 16.5. The Bertz CT molecular complexity index is 700. The fraction of sp³-hybridized carbons (Fsp3) is 0.368. The molecule has 0 saturated carbocycles. The van der Waals surface area contributed by atoms with Gasteiger partial charge in [0.25, 0.3) is 0 Å². The monoisotopic (exact) mass is 312 g/mol. The van der Waals surface area contributed by atoms with Crippen LogP contribution in [0.25, 0.3) is 0 Å². The van der Waals surface area contributed by atoms with Crippen molar-refractivity contribution in [2.24, 2.45) is 0 Å². The first-order chi connectivity index (χ1) is 10.9. The number of anilines is 1. The summed E-state index contributed by atoms with van der Waals surface area (Å²) in [6.45, 7) is 10.3. The maximum atomic E-state index is 12.1. The Morgan fingerprint density at radius 2 is 1.78 bits per heavy atom. The normalized spacial score (nSPS) is 10.5. The zero-order chi connectivity index (χ0) is 17.0. The quantitative estimate of drug-likeness (QED) is 0.907. The molecular formula is C19H24N2O2. The van der Waals surface area contributed by atoms with E-state index in [1.54, 1.807) is 0 Å². The Balaban J connectivity index is 1.89. The highest BCUT2D eigenvalue weighted by molar-refractivity contribution is 5.92. The van der Waals surface area contributed by atoms with Crippen molar-refractivity contribution in [1.29, 1.82) is 0 Å². The van der Waals surface area contributed by atoms with Gasteiger partial charge in [0.15, 0.2) is 0 Å². The molecule has 4 heteroatoms. The molecule has 0 fully saturated rings. The molecule has 0 aliphatic heterocycles. The van der Waals surface area contributed by atoms with Crippen LogP contribution in [0.3, 0.4) is 0 Å². The van der Waals surface area contributed by atoms with Crippen LogP contribution in [-0.4, -0.2) is 17.5 Å². The predicted molar refractivity (Wildman–Crippen MR) is 93.1 cm³/mol. The molecule has 1 heterocycles. The van der Waals surface area contributed by atoms with E-state index < -0.39 is 0 Å². The molecule has 0 aliphatic rings. The number of ether oxygens (including phenoxy) is 1. The zero-order valence-electron chi connectivity index (χ0n) is 14.5. The maximum Gasteiger partial charge on any atom is 0.227 e. The van der Waals surface area contributed by atoms with Gasteiger partial charge in [-0.3, -0.25) is 9.78 Å². The van der Waals surface area contributed by atoms with Crippen molar-refractivity contribution in [3.63, 3.8) is 0 Å². The van der Waals surface area contributed by atoms with Crippen LogP contribution in [0.5, 0.6) is 5.75 Å². The van der Waals surface area contributed by atoms with E-state index in [1.165, 1.54) is 11.1 Å². The third-order valence-electron chi connectivity index (χ3n) is 3.87. The van der Waals surface area contributed by atoms with Crippen LogP contribution in [-0.2, 0) is 4.79 Å². The van der Waals surface area contributed by atoms with Gasteiger partial charge in [-0.05, 0) is 69.5 Å². The first-order valence-corrected chi connectivity index (χ1v) is 7.81. The van der Waals surface area contributed by atoms with E-state index in [0.29, 0.717) is 13.0 Å². The molecule has 23 heavy (non-hydrogen) atoms. The van der Waals surface area contributed by atoms with Crippen molar-refractivity contribution in [3.8, 4) is 5.75 Å². The molecule has 0 bridgehead atoms. The standard InChI is InChI=1S/C19H24N2O2/c1-12-6-7-17(11-13(12)2)23-9-8-18(22)21-19-14(3)10-15(4)20-16(19)5/h6-7,10-11H,8-9H2,1-5H3,(H,21,22). The summed E-state index contributed by atoms with van der Waals surface area (Å²) in [7, 11) is 0. The van der Waals surface area contributed by atoms with E-state index >= 15 is 0 Å². The predicted octanol–water partition coefficient (Wildman–Crippen LogP) is 4.03. The minimum Gasteiger partial charge on any atom is -0.493 e. The van der Waals surface area contributed by atoms with Crippen LogP contribution < -0.4 is 10.1 Å². The third kappa shape index (κ3) is 4.55. The molecular weight excluding hydrogens is 288 g/mol. The van der Waals surface area contributed by atoms with E-state index in [4.69, 9.17) is 4.74 Å². The van der Waals surface area contributed by atoms with E-state index in [1.807, 2.05) is 52.0 Å². The van der Waals surface area contributed by atoms with Crippen molar-refractivity contribution in [2.45, 2.75) is 41.0 Å². The SMILES string of the molecule is Cc1cc(C)c(NC(=O)CCOc2ccc(C)c(C)c2)c(C)n1. The van der Waals surface area contributed by atoms with Gasteiger partial charge in [0, 0.05) is 5.69 Å². The van der Waals surface area contributed by atoms with Gasteiger partial charge in [0.1, 0.15) is 5.75 Å². The topological polar surface area (TPSA) is 51.2 Å². The van der Waals surface area contributed by atoms with Gasteiger partial charge >= 0.3 is 0 Å². The fourth-order valence-electron chi connectivity index (χ4n) is 2.48. The Morgan fingerprint density at radius 1 is 1.04 bits per heavy atom. The Morgan fingerprint density at radius 3 is 2.43 bits per heavy atom. The number of nitrogens with one attached hydrogen (secondary N) is 1. The van der Waals surface area contributed by atoms with Crippen LogP contribution in [0.2, 0.25) is 0 Å². The summed E-state index contributed by atoms with van der Waals surface area (Å²) in [5, 5.41) is 2.93. The van der Waals surface area contributed by atoms with Gasteiger partial charge in [-0.25, -0.2) is 0 Å². The molecule has 2 rings (SSSR count). The second-order valence-electron chi connectivity index (χ2n) is 5.93. The van der Waals surface area contributed by atoms with Gasteiger partial charge < -0.3 is 10.1 Å². The number of amides is 1. The molecule has 0 saturated heterocycles. The van der Waals surface area contributed by atoms with Crippen molar-refractivity contribution in [2.75, 3.05) is 11.9 Å². The molecule has 0 aliphatic carbocycles. The Hall–Kier alpha value is -2.36. The molecule has 1 aromatic carbocycles. The number of hydrogen-bond acceptors (Lipinski definition) is 3. The highest BCUT2D eigenvalue weighted by Crippen LogP contribution is 2.20. The second-order valence-corrected chi connectivity index (χ2v) is 5.93. The molecule has 0 radical (unpaired) electrons. The van der Waals surface area contributed by atoms with Gasteiger partial charge in [-0.2, -0.15) is 0 Å². The second kappa shape index (κ2) is 7.27. The maximum absolute atomic E-state index is 12.1. The number of nitrogens with zero attached hydrogens (tertiary/aromatic N) is 1. The van der Waals surface area contributed by atoms with Crippen LogP contribution >= 0.6 is 0 Å². The Labute approximate surface area is 137 Å². The number of carbonyl (C=O) groups excluding carboxylic acids is 1. The number of carbonyl (C=O) groups is 1. The summed E-state index contributed by atoms with van der Waals surface area (Å²) < 4.78 is 5.65. The minimum atomic E-state index is -0.0642. The highest BCUT2D eigenvalue weighted by Gasteiger charge is 2.09. The van der Waals surface area contributed by atoms with E-state index in [2.05, 4.69) is 17.2 Å². The number of benzene rings is 1. The van der Waals surface area contributed by atoms with Crippen molar-refractivity contribution in [3.05, 3.63) is 52.3 Å². The van der Waals surface area contributed by atoms with E-state index in [9.17, 15) is 4.79 Å². The molecule has 1 amide bonds. The molecule has 0 unspecified atom stereocenters. The average molecular weight is 312 g/mol. The van der Waals surface area contributed by atoms with Gasteiger partial charge in [-0.15, -0.1) is 0 Å². The molecule has 0 atom stereocenters. The molecule has 4 nitrogen and oxygen atoms in total. The summed E-state index contributed by atoms with van der Waals surface area (Å²) in [6.07, 6.45) is 0.305. The molecule has 2 aromatic rings. The van der Waals surface area contributed by atoms with Crippen LogP contribution in [0.4, 0.5) is 5.69 Å². The lowest BCUT2D eigenvalue weighted by molar-refractivity contribution is -0.116. The lowest BCUT2D eigenvalue weighted by Gasteiger charge is -2.12. The number of aryl methyl sites for hydroxylation is 5. The first kappa shape index (κ1) is 17.0. The van der Waals surface area contributed by atoms with Crippen LogP contribution in [0.1, 0.15) is 34.5 Å². The zero-order valence-corrected chi connectivity index (χ0v) is 14.5. The van der Waals surface area contributed by atoms with E-state index in [0.717, 1.165) is 28.4 Å². The van der Waals surface area contributed by atoms with Crippen molar-refractivity contribution in [1.82, 2.24) is 4.98 Å². The summed E-state index contributed by atoms with van der Waals surface area (Å²) >= 11 is 0. The Kier molecular flexibility index (Phi) is 5.37. The fourth-order valence-corrected chi connectivity index (χ4v) is 2.48. The van der Waals surface area contributed by atoms with E-state index in [-0.39, 0.29) is 5.91 Å². The summed E-state index contributed by atoms with van der Waals surface area (Å²) in [5.74, 6) is 0.732. The molecule has 1 N–H and O–H groups in total. The number of aromatic nitrogens is 1. The number of hydrogen-bond donors (Lipinski definition) is 1. The molecule has 122 valence electrons. The molecule has 0 spiro atoms. The van der Waals surface area contributed by atoms with Crippen LogP contribution in [0, 0.1) is 34.6 Å². The van der Waals surface area contributed by atoms with Crippen molar-refractivity contribution >= 4 is 11.6 Å². The smallest absolute Gasteiger partial charge is 0.227 e. The summed E-state index contributed by atoms with van der Waals surface area (Å²) in [6, 6.07) is 7.91. The number of pyridine rings is 1. The van der Waals surface area contributed by atoms with Gasteiger partial charge in [0.2, 0.25) is 5.91 Å². The lowest BCUT2D eigenvalue weighted by Crippen LogP contribution is -2.17. The van der Waals surface area contributed by atoms with Crippen LogP contribution in [0.15, 0.2) is 24.3 Å². The van der Waals surface area contributed by atoms with Crippen molar-refractivity contribution < 1.29 is 9.53 Å². The average Bonchev–Trinajstić information content (AvgIpc) is 2.46. The third-order valence-corrected chi connectivity index (χ3v) is 3.87. The van der Waals surface area contributed by atoms with Gasteiger partial charge in [-0.1, -0.05) is 6.07 Å². The van der Waals surface area contributed by atoms with Gasteiger partial charge in [0.05, 0.1) is 24.4 Å². The summed E-state index contributed by atoms with van der Waals surface area (Å²) in [4.78, 5) is 16.5. The largest absolute Gasteiger partial charge is 0.493 e. The molecule has 1 aromatic heterocycles. The first-order valence-electron chi connectivity index (χ1n) is 7.81. The summed E-state index contributed by atoms with van der Waals surface area (Å²) in [5.41, 5.74) is 6.03. The lowest BCUT2D eigenvalue weighted by atomic mass is 10.1.